The fraction of sp³-hybridized carbons (Fsp3) is 0.375. The largest absolute Gasteiger partial charge is 0.377 e. The summed E-state index contributed by atoms with van der Waals surface area (Å²) < 4.78 is 5.09. The Labute approximate surface area is 125 Å². The van der Waals surface area contributed by atoms with E-state index in [2.05, 4.69) is 44.9 Å². The normalized spacial score (nSPS) is 10.4. The number of rotatable bonds is 8. The first kappa shape index (κ1) is 15.3. The van der Waals surface area contributed by atoms with Gasteiger partial charge in [-0.3, -0.25) is 0 Å². The van der Waals surface area contributed by atoms with E-state index in [1.54, 1.807) is 7.11 Å². The summed E-state index contributed by atoms with van der Waals surface area (Å²) in [7, 11) is 3.49. The predicted molar refractivity (Wildman–Crippen MR) is 85.5 cm³/mol. The first-order valence-corrected chi connectivity index (χ1v) is 7.14. The number of anilines is 2. The number of benzene rings is 1. The number of hydrogen-bond donors (Lipinski definition) is 2. The molecule has 5 heteroatoms. The minimum atomic E-state index is 0.411. The van der Waals surface area contributed by atoms with Gasteiger partial charge in [0.15, 0.2) is 5.82 Å². The van der Waals surface area contributed by atoms with Crippen LogP contribution in [0.2, 0.25) is 0 Å². The van der Waals surface area contributed by atoms with Crippen LogP contribution in [0.3, 0.4) is 0 Å². The first-order chi connectivity index (χ1) is 10.3. The highest BCUT2D eigenvalue weighted by Crippen LogP contribution is 2.12. The molecular formula is C16H22N4O. The van der Waals surface area contributed by atoms with E-state index in [0.29, 0.717) is 12.4 Å². The zero-order valence-corrected chi connectivity index (χ0v) is 12.6. The maximum Gasteiger partial charge on any atom is 0.158 e. The fourth-order valence-corrected chi connectivity index (χ4v) is 2.06. The molecule has 0 amide bonds. The van der Waals surface area contributed by atoms with Gasteiger partial charge >= 0.3 is 0 Å². The molecule has 1 heterocycles. The van der Waals surface area contributed by atoms with Gasteiger partial charge in [0.2, 0.25) is 0 Å². The summed E-state index contributed by atoms with van der Waals surface area (Å²) >= 11 is 0. The molecule has 0 aliphatic heterocycles. The second-order valence-electron chi connectivity index (χ2n) is 4.75. The van der Waals surface area contributed by atoms with Crippen molar-refractivity contribution >= 4 is 11.6 Å². The highest BCUT2D eigenvalue weighted by Gasteiger charge is 2.03. The van der Waals surface area contributed by atoms with Gasteiger partial charge in [0.25, 0.3) is 0 Å². The number of nitrogens with one attached hydrogen (secondary N) is 2. The van der Waals surface area contributed by atoms with E-state index in [-0.39, 0.29) is 0 Å². The molecule has 0 spiro atoms. The minimum Gasteiger partial charge on any atom is -0.377 e. The van der Waals surface area contributed by atoms with Gasteiger partial charge in [0, 0.05) is 26.8 Å². The van der Waals surface area contributed by atoms with Crippen molar-refractivity contribution in [2.24, 2.45) is 0 Å². The first-order valence-electron chi connectivity index (χ1n) is 7.14. The molecule has 2 rings (SSSR count). The van der Waals surface area contributed by atoms with Crippen LogP contribution in [0, 0.1) is 0 Å². The van der Waals surface area contributed by atoms with Crippen LogP contribution in [0.5, 0.6) is 0 Å². The van der Waals surface area contributed by atoms with Crippen LogP contribution >= 0.6 is 0 Å². The third kappa shape index (κ3) is 5.04. The van der Waals surface area contributed by atoms with Crippen molar-refractivity contribution < 1.29 is 4.74 Å². The second-order valence-corrected chi connectivity index (χ2v) is 4.75. The summed E-state index contributed by atoms with van der Waals surface area (Å²) in [6.45, 7) is 1.29. The van der Waals surface area contributed by atoms with E-state index in [0.717, 1.165) is 31.0 Å². The van der Waals surface area contributed by atoms with Gasteiger partial charge in [0.1, 0.15) is 18.2 Å². The number of aryl methyl sites for hydroxylation is 1. The number of hydrogen-bond acceptors (Lipinski definition) is 5. The summed E-state index contributed by atoms with van der Waals surface area (Å²) in [5, 5.41) is 6.38. The van der Waals surface area contributed by atoms with Crippen molar-refractivity contribution in [3.05, 3.63) is 47.8 Å². The molecule has 2 aromatic rings. The fourth-order valence-electron chi connectivity index (χ4n) is 2.06. The van der Waals surface area contributed by atoms with Crippen molar-refractivity contribution in [3.63, 3.8) is 0 Å². The van der Waals surface area contributed by atoms with Crippen molar-refractivity contribution in [2.45, 2.75) is 19.4 Å². The molecule has 21 heavy (non-hydrogen) atoms. The van der Waals surface area contributed by atoms with Gasteiger partial charge in [-0.05, 0) is 18.4 Å². The highest BCUT2D eigenvalue weighted by atomic mass is 16.5. The number of methoxy groups -OCH3 is 1. The van der Waals surface area contributed by atoms with E-state index < -0.39 is 0 Å². The lowest BCUT2D eigenvalue weighted by molar-refractivity contribution is 0.178. The van der Waals surface area contributed by atoms with E-state index in [1.807, 2.05) is 19.2 Å². The smallest absolute Gasteiger partial charge is 0.158 e. The molecule has 0 aliphatic carbocycles. The molecule has 0 fully saturated rings. The second kappa shape index (κ2) is 8.21. The maximum absolute atomic E-state index is 5.09. The van der Waals surface area contributed by atoms with Gasteiger partial charge in [0.05, 0.1) is 0 Å². The Bertz CT molecular complexity index is 545. The molecule has 0 saturated heterocycles. The standard InChI is InChI=1S/C16H22N4O/c1-17-14-11-15(20-16(19-14)12-21-2)18-10-6-9-13-7-4-3-5-8-13/h3-5,7-8,11H,6,9-10,12H2,1-2H3,(H2,17,18,19,20). The molecular weight excluding hydrogens is 264 g/mol. The van der Waals surface area contributed by atoms with Crippen LogP contribution in [0.1, 0.15) is 17.8 Å². The topological polar surface area (TPSA) is 59.1 Å². The Morgan fingerprint density at radius 2 is 1.86 bits per heavy atom. The summed E-state index contributed by atoms with van der Waals surface area (Å²) in [6.07, 6.45) is 2.12. The lowest BCUT2D eigenvalue weighted by Crippen LogP contribution is -2.09. The average molecular weight is 286 g/mol. The Morgan fingerprint density at radius 1 is 1.10 bits per heavy atom. The molecule has 0 aliphatic rings. The molecule has 5 nitrogen and oxygen atoms in total. The predicted octanol–water partition coefficient (Wildman–Crippen LogP) is 2.71. The number of aromatic nitrogens is 2. The van der Waals surface area contributed by atoms with Crippen molar-refractivity contribution in [1.82, 2.24) is 9.97 Å². The van der Waals surface area contributed by atoms with Crippen LogP contribution in [0.4, 0.5) is 11.6 Å². The zero-order valence-electron chi connectivity index (χ0n) is 12.6. The molecule has 112 valence electrons. The SMILES string of the molecule is CNc1cc(NCCCc2ccccc2)nc(COC)n1. The van der Waals surface area contributed by atoms with E-state index >= 15 is 0 Å². The quantitative estimate of drug-likeness (QED) is 0.731. The van der Waals surface area contributed by atoms with Crippen molar-refractivity contribution in [1.29, 1.82) is 0 Å². The summed E-state index contributed by atoms with van der Waals surface area (Å²) in [5.41, 5.74) is 1.36. The van der Waals surface area contributed by atoms with Gasteiger partial charge in [-0.2, -0.15) is 0 Å². The van der Waals surface area contributed by atoms with Gasteiger partial charge in [-0.1, -0.05) is 30.3 Å². The Morgan fingerprint density at radius 3 is 2.57 bits per heavy atom. The molecule has 0 bridgehead atoms. The molecule has 0 atom stereocenters. The van der Waals surface area contributed by atoms with Crippen LogP contribution in [0.25, 0.3) is 0 Å². The highest BCUT2D eigenvalue weighted by molar-refractivity contribution is 5.47. The van der Waals surface area contributed by atoms with Crippen LogP contribution in [-0.2, 0) is 17.8 Å². The Kier molecular flexibility index (Phi) is 5.97. The lowest BCUT2D eigenvalue weighted by Gasteiger charge is -2.09. The monoisotopic (exact) mass is 286 g/mol. The molecule has 0 unspecified atom stereocenters. The van der Waals surface area contributed by atoms with Crippen LogP contribution in [0.15, 0.2) is 36.4 Å². The molecule has 0 radical (unpaired) electrons. The van der Waals surface area contributed by atoms with Crippen LogP contribution in [-0.4, -0.2) is 30.7 Å². The number of nitrogens with zero attached hydrogens (tertiary/aromatic N) is 2. The summed E-state index contributed by atoms with van der Waals surface area (Å²) in [6, 6.07) is 12.4. The maximum atomic E-state index is 5.09. The van der Waals surface area contributed by atoms with Gasteiger partial charge in [-0.15, -0.1) is 0 Å². The number of ether oxygens (including phenoxy) is 1. The van der Waals surface area contributed by atoms with E-state index in [1.165, 1.54) is 5.56 Å². The third-order valence-corrected chi connectivity index (χ3v) is 3.09. The summed E-state index contributed by atoms with van der Waals surface area (Å²) in [5.74, 6) is 2.30. The zero-order chi connectivity index (χ0) is 14.9. The van der Waals surface area contributed by atoms with Crippen molar-refractivity contribution in [3.8, 4) is 0 Å². The average Bonchev–Trinajstić information content (AvgIpc) is 2.53. The van der Waals surface area contributed by atoms with Crippen LogP contribution < -0.4 is 10.6 Å². The van der Waals surface area contributed by atoms with E-state index in [4.69, 9.17) is 4.74 Å². The van der Waals surface area contributed by atoms with Gasteiger partial charge in [-0.25, -0.2) is 9.97 Å². The Balaban J connectivity index is 1.86. The minimum absolute atomic E-state index is 0.411. The third-order valence-electron chi connectivity index (χ3n) is 3.09. The molecule has 2 N–H and O–H groups in total. The summed E-state index contributed by atoms with van der Waals surface area (Å²) in [4.78, 5) is 8.76. The molecule has 0 saturated carbocycles. The van der Waals surface area contributed by atoms with Gasteiger partial charge < -0.3 is 15.4 Å². The lowest BCUT2D eigenvalue weighted by atomic mass is 10.1. The van der Waals surface area contributed by atoms with E-state index in [9.17, 15) is 0 Å². The molecule has 1 aromatic heterocycles. The van der Waals surface area contributed by atoms with Crippen molar-refractivity contribution in [2.75, 3.05) is 31.3 Å². The Hall–Kier alpha value is -2.14. The molecule has 1 aromatic carbocycles.